The van der Waals surface area contributed by atoms with E-state index in [0.29, 0.717) is 0 Å². The zero-order valence-corrected chi connectivity index (χ0v) is 6.55. The van der Waals surface area contributed by atoms with Gasteiger partial charge in [-0.1, -0.05) is 51.0 Å². The van der Waals surface area contributed by atoms with E-state index in [2.05, 4.69) is 13.0 Å². The maximum absolute atomic E-state index is 5.15. The Bertz CT molecular complexity index is 90.2. The number of hydrogen-bond acceptors (Lipinski definition) is 0. The zero-order chi connectivity index (χ0) is 7.66. The first-order chi connectivity index (χ1) is 4.91. The standard InChI is InChI=1S/C10H16/c1-3-5-7-9-10-8-6-4-2/h1,3,5,7H,2,4,6,8-10H2. The summed E-state index contributed by atoms with van der Waals surface area (Å²) in [4.78, 5) is 0. The Labute approximate surface area is 64.6 Å². The third-order valence-corrected chi connectivity index (χ3v) is 1.37. The lowest BCUT2D eigenvalue weighted by atomic mass is 10.1. The van der Waals surface area contributed by atoms with E-state index in [0.717, 1.165) is 12.8 Å². The van der Waals surface area contributed by atoms with Gasteiger partial charge in [-0.25, -0.2) is 0 Å². The van der Waals surface area contributed by atoms with E-state index in [1.165, 1.54) is 19.3 Å². The molecule has 0 aromatic rings. The van der Waals surface area contributed by atoms with Gasteiger partial charge >= 0.3 is 0 Å². The summed E-state index contributed by atoms with van der Waals surface area (Å²) in [5, 5.41) is 0. The molecular weight excluding hydrogens is 120 g/mol. The Morgan fingerprint density at radius 3 is 2.60 bits per heavy atom. The molecule has 0 saturated heterocycles. The molecule has 0 unspecified atom stereocenters. The van der Waals surface area contributed by atoms with E-state index in [1.807, 2.05) is 6.08 Å². The predicted octanol–water partition coefficient (Wildman–Crippen LogP) is 3.32. The van der Waals surface area contributed by atoms with Crippen molar-refractivity contribution in [3.05, 3.63) is 31.7 Å². The van der Waals surface area contributed by atoms with Crippen LogP contribution in [0, 0.1) is 13.5 Å². The van der Waals surface area contributed by atoms with Gasteiger partial charge < -0.3 is 0 Å². The highest BCUT2D eigenvalue weighted by Crippen LogP contribution is 2.02. The van der Waals surface area contributed by atoms with Gasteiger partial charge in [-0.05, 0) is 12.8 Å². The molecule has 10 heavy (non-hydrogen) atoms. The molecule has 0 saturated carbocycles. The molecule has 0 atom stereocenters. The summed E-state index contributed by atoms with van der Waals surface area (Å²) in [5.74, 6) is 0. The van der Waals surface area contributed by atoms with Crippen LogP contribution in [-0.4, -0.2) is 0 Å². The maximum atomic E-state index is 5.15. The molecule has 0 aromatic heterocycles. The lowest BCUT2D eigenvalue weighted by Crippen LogP contribution is -1.72. The van der Waals surface area contributed by atoms with Gasteiger partial charge in [0.05, 0.1) is 0 Å². The molecule has 0 N–H and O–H groups in total. The molecule has 0 aliphatic heterocycles. The van der Waals surface area contributed by atoms with Crippen LogP contribution in [0.3, 0.4) is 0 Å². The van der Waals surface area contributed by atoms with Crippen LogP contribution in [0.15, 0.2) is 18.2 Å². The topological polar surface area (TPSA) is 0 Å². The number of rotatable bonds is 6. The van der Waals surface area contributed by atoms with Gasteiger partial charge in [0.2, 0.25) is 0 Å². The fourth-order valence-corrected chi connectivity index (χ4v) is 0.791. The minimum atomic E-state index is 1.06. The second-order valence-electron chi connectivity index (χ2n) is 2.32. The number of allylic oxidation sites excluding steroid dienone is 3. The van der Waals surface area contributed by atoms with Gasteiger partial charge in [-0.15, -0.1) is 0 Å². The SMILES string of the molecule is [CH]=CC=CCCCCC[CH2]. The molecule has 0 aliphatic rings. The average Bonchev–Trinajstić information content (AvgIpc) is 1.97. The third kappa shape index (κ3) is 7.48. The highest BCUT2D eigenvalue weighted by atomic mass is 13.9. The largest absolute Gasteiger partial charge is 0.0845 e. The molecule has 2 radical (unpaired) electrons. The Balaban J connectivity index is 2.90. The highest BCUT2D eigenvalue weighted by molar-refractivity contribution is 4.95. The summed E-state index contributed by atoms with van der Waals surface area (Å²) >= 11 is 0. The quantitative estimate of drug-likeness (QED) is 0.388. The van der Waals surface area contributed by atoms with Gasteiger partial charge in [-0.2, -0.15) is 0 Å². The van der Waals surface area contributed by atoms with Crippen LogP contribution in [-0.2, 0) is 0 Å². The summed E-state index contributed by atoms with van der Waals surface area (Å²) in [6.45, 7) is 8.92. The summed E-state index contributed by atoms with van der Waals surface area (Å²) in [7, 11) is 0. The van der Waals surface area contributed by atoms with Crippen molar-refractivity contribution in [3.63, 3.8) is 0 Å². The third-order valence-electron chi connectivity index (χ3n) is 1.37. The average molecular weight is 136 g/mol. The Kier molecular flexibility index (Phi) is 8.04. The summed E-state index contributed by atoms with van der Waals surface area (Å²) in [5.41, 5.74) is 0. The molecule has 0 nitrogen and oxygen atoms in total. The normalized spacial score (nSPS) is 10.5. The number of hydrogen-bond donors (Lipinski definition) is 0. The molecule has 0 heterocycles. The van der Waals surface area contributed by atoms with Crippen LogP contribution >= 0.6 is 0 Å². The van der Waals surface area contributed by atoms with Crippen molar-refractivity contribution < 1.29 is 0 Å². The second kappa shape index (κ2) is 8.48. The van der Waals surface area contributed by atoms with Gasteiger partial charge in [0.1, 0.15) is 0 Å². The molecule has 0 fully saturated rings. The molecule has 0 rings (SSSR count). The first-order valence-corrected chi connectivity index (χ1v) is 3.91. The molecule has 0 spiro atoms. The molecule has 0 aromatic carbocycles. The van der Waals surface area contributed by atoms with Crippen molar-refractivity contribution in [2.45, 2.75) is 32.1 Å². The predicted molar refractivity (Wildman–Crippen MR) is 46.5 cm³/mol. The lowest BCUT2D eigenvalue weighted by Gasteiger charge is -1.92. The van der Waals surface area contributed by atoms with E-state index in [1.54, 1.807) is 6.08 Å². The van der Waals surface area contributed by atoms with Gasteiger partial charge in [-0.3, -0.25) is 0 Å². The van der Waals surface area contributed by atoms with E-state index in [-0.39, 0.29) is 0 Å². The zero-order valence-electron chi connectivity index (χ0n) is 6.55. The molecule has 0 amide bonds. The monoisotopic (exact) mass is 136 g/mol. The van der Waals surface area contributed by atoms with Crippen molar-refractivity contribution in [1.82, 2.24) is 0 Å². The van der Waals surface area contributed by atoms with E-state index in [4.69, 9.17) is 6.58 Å². The lowest BCUT2D eigenvalue weighted by molar-refractivity contribution is 0.695. The van der Waals surface area contributed by atoms with Crippen molar-refractivity contribution in [1.29, 1.82) is 0 Å². The summed E-state index contributed by atoms with van der Waals surface area (Å²) in [6.07, 6.45) is 11.6. The van der Waals surface area contributed by atoms with Crippen LogP contribution < -0.4 is 0 Å². The van der Waals surface area contributed by atoms with Crippen molar-refractivity contribution in [2.75, 3.05) is 0 Å². The van der Waals surface area contributed by atoms with Gasteiger partial charge in [0.25, 0.3) is 0 Å². The Morgan fingerprint density at radius 2 is 2.00 bits per heavy atom. The molecular formula is C10H16. The fourth-order valence-electron chi connectivity index (χ4n) is 0.791. The molecule has 0 heteroatoms. The van der Waals surface area contributed by atoms with E-state index < -0.39 is 0 Å². The number of unbranched alkanes of at least 4 members (excludes halogenated alkanes) is 4. The van der Waals surface area contributed by atoms with Crippen LogP contribution in [0.2, 0.25) is 0 Å². The van der Waals surface area contributed by atoms with E-state index >= 15 is 0 Å². The van der Waals surface area contributed by atoms with Crippen LogP contribution in [0.4, 0.5) is 0 Å². The van der Waals surface area contributed by atoms with Crippen LogP contribution in [0.25, 0.3) is 0 Å². The minimum Gasteiger partial charge on any atom is -0.0845 e. The summed E-state index contributed by atoms with van der Waals surface area (Å²) < 4.78 is 0. The first kappa shape index (κ1) is 9.48. The van der Waals surface area contributed by atoms with Crippen molar-refractivity contribution in [3.8, 4) is 0 Å². The van der Waals surface area contributed by atoms with Crippen molar-refractivity contribution in [2.24, 2.45) is 0 Å². The smallest absolute Gasteiger partial charge is 0.0348 e. The Hall–Kier alpha value is -0.520. The van der Waals surface area contributed by atoms with Gasteiger partial charge in [0.15, 0.2) is 0 Å². The maximum Gasteiger partial charge on any atom is -0.0348 e. The van der Waals surface area contributed by atoms with Crippen LogP contribution in [0.1, 0.15) is 32.1 Å². The van der Waals surface area contributed by atoms with Crippen molar-refractivity contribution >= 4 is 0 Å². The first-order valence-electron chi connectivity index (χ1n) is 3.91. The van der Waals surface area contributed by atoms with E-state index in [9.17, 15) is 0 Å². The minimum absolute atomic E-state index is 1.06. The Morgan fingerprint density at radius 1 is 1.20 bits per heavy atom. The van der Waals surface area contributed by atoms with Gasteiger partial charge in [0, 0.05) is 0 Å². The van der Waals surface area contributed by atoms with Crippen LogP contribution in [0.5, 0.6) is 0 Å². The fraction of sp³-hybridized carbons (Fsp3) is 0.500. The molecule has 56 valence electrons. The summed E-state index contributed by atoms with van der Waals surface area (Å²) in [6, 6.07) is 0. The molecule has 0 bridgehead atoms. The second-order valence-corrected chi connectivity index (χ2v) is 2.32. The highest BCUT2D eigenvalue weighted by Gasteiger charge is 1.82. The molecule has 0 aliphatic carbocycles.